The average molecular weight is 277 g/mol. The Morgan fingerprint density at radius 2 is 2.05 bits per heavy atom. The number of nitrogens with one attached hydrogen (secondary N) is 1. The van der Waals surface area contributed by atoms with Crippen LogP contribution in [-0.4, -0.2) is 36.7 Å². The summed E-state index contributed by atoms with van der Waals surface area (Å²) in [7, 11) is 0. The zero-order valence-corrected chi connectivity index (χ0v) is 11.7. The predicted molar refractivity (Wildman–Crippen MR) is 76.1 cm³/mol. The van der Waals surface area contributed by atoms with Gasteiger partial charge in [-0.1, -0.05) is 18.2 Å². The van der Waals surface area contributed by atoms with Gasteiger partial charge in [0.05, 0.1) is 13.2 Å². The minimum absolute atomic E-state index is 0.119. The summed E-state index contributed by atoms with van der Waals surface area (Å²) in [6, 6.07) is 6.94. The maximum atomic E-state index is 11.9. The molecule has 0 spiro atoms. The molecule has 0 aliphatic carbocycles. The van der Waals surface area contributed by atoms with E-state index in [1.165, 1.54) is 0 Å². The van der Waals surface area contributed by atoms with Gasteiger partial charge < -0.3 is 15.2 Å². The molecule has 0 heterocycles. The smallest absolute Gasteiger partial charge is 0.333 e. The van der Waals surface area contributed by atoms with E-state index in [1.807, 2.05) is 0 Å². The van der Waals surface area contributed by atoms with Crippen molar-refractivity contribution >= 4 is 18.0 Å². The number of carbonyl (C=O) groups excluding carboxylic acids is 2. The third-order valence-electron chi connectivity index (χ3n) is 2.57. The van der Waals surface area contributed by atoms with Gasteiger partial charge in [-0.2, -0.15) is 0 Å². The molecule has 0 radical (unpaired) electrons. The van der Waals surface area contributed by atoms with Gasteiger partial charge in [-0.25, -0.2) is 4.79 Å². The van der Waals surface area contributed by atoms with Crippen molar-refractivity contribution in [3.05, 3.63) is 41.0 Å². The number of ether oxygens (including phenoxy) is 1. The Hall–Kier alpha value is -2.14. The van der Waals surface area contributed by atoms with E-state index in [0.29, 0.717) is 23.3 Å². The Morgan fingerprint density at radius 3 is 2.70 bits per heavy atom. The second-order valence-electron chi connectivity index (χ2n) is 4.11. The second kappa shape index (κ2) is 8.12. The highest BCUT2D eigenvalue weighted by atomic mass is 16.5. The van der Waals surface area contributed by atoms with E-state index in [-0.39, 0.29) is 19.1 Å². The topological polar surface area (TPSA) is 75.6 Å². The molecule has 0 atom stereocenters. The molecule has 1 aromatic rings. The largest absolute Gasteiger partial charge is 0.463 e. The normalized spacial score (nSPS) is 11.1. The third kappa shape index (κ3) is 4.51. The lowest BCUT2D eigenvalue weighted by molar-refractivity contribution is -0.138. The number of hydrogen-bond acceptors (Lipinski definition) is 4. The SMILES string of the molecule is CCOC(=O)/C(C)=C/c1ccccc1C(=O)NCCO. The van der Waals surface area contributed by atoms with Crippen molar-refractivity contribution in [2.24, 2.45) is 0 Å². The Balaban J connectivity index is 2.98. The lowest BCUT2D eigenvalue weighted by atomic mass is 10.0. The summed E-state index contributed by atoms with van der Waals surface area (Å²) in [6.07, 6.45) is 1.62. The molecule has 0 bridgehead atoms. The fourth-order valence-corrected chi connectivity index (χ4v) is 1.63. The molecule has 1 aromatic carbocycles. The van der Waals surface area contributed by atoms with Crippen LogP contribution in [-0.2, 0) is 9.53 Å². The van der Waals surface area contributed by atoms with Crippen molar-refractivity contribution < 1.29 is 19.4 Å². The summed E-state index contributed by atoms with van der Waals surface area (Å²) in [5, 5.41) is 11.3. The summed E-state index contributed by atoms with van der Waals surface area (Å²) in [4.78, 5) is 23.5. The van der Waals surface area contributed by atoms with Crippen LogP contribution in [0.25, 0.3) is 6.08 Å². The standard InChI is InChI=1S/C15H19NO4/c1-3-20-15(19)11(2)10-12-6-4-5-7-13(12)14(18)16-8-9-17/h4-7,10,17H,3,8-9H2,1-2H3,(H,16,18)/b11-10+. The van der Waals surface area contributed by atoms with Gasteiger partial charge in [0.15, 0.2) is 0 Å². The highest BCUT2D eigenvalue weighted by Gasteiger charge is 2.11. The van der Waals surface area contributed by atoms with Crippen molar-refractivity contribution in [2.45, 2.75) is 13.8 Å². The Morgan fingerprint density at radius 1 is 1.35 bits per heavy atom. The molecule has 108 valence electrons. The van der Waals surface area contributed by atoms with Gasteiger partial charge in [0.1, 0.15) is 0 Å². The van der Waals surface area contributed by atoms with Crippen LogP contribution < -0.4 is 5.32 Å². The van der Waals surface area contributed by atoms with Crippen LogP contribution in [0.5, 0.6) is 0 Å². The molecule has 5 nitrogen and oxygen atoms in total. The van der Waals surface area contributed by atoms with Crippen LogP contribution in [0.2, 0.25) is 0 Å². The molecule has 0 aliphatic heterocycles. The third-order valence-corrected chi connectivity index (χ3v) is 2.57. The van der Waals surface area contributed by atoms with E-state index in [2.05, 4.69) is 5.32 Å². The van der Waals surface area contributed by atoms with Crippen LogP contribution >= 0.6 is 0 Å². The summed E-state index contributed by atoms with van der Waals surface area (Å²) in [6.45, 7) is 3.75. The zero-order chi connectivity index (χ0) is 15.0. The molecule has 1 rings (SSSR count). The summed E-state index contributed by atoms with van der Waals surface area (Å²) in [5.41, 5.74) is 1.51. The molecule has 5 heteroatoms. The van der Waals surface area contributed by atoms with Crippen molar-refractivity contribution in [1.29, 1.82) is 0 Å². The van der Waals surface area contributed by atoms with E-state index in [1.54, 1.807) is 44.2 Å². The van der Waals surface area contributed by atoms with Crippen LogP contribution in [0, 0.1) is 0 Å². The molecule has 0 fully saturated rings. The Bertz CT molecular complexity index is 508. The molecular weight excluding hydrogens is 258 g/mol. The molecule has 0 unspecified atom stereocenters. The van der Waals surface area contributed by atoms with Crippen LogP contribution in [0.15, 0.2) is 29.8 Å². The Labute approximate surface area is 118 Å². The number of benzene rings is 1. The lowest BCUT2D eigenvalue weighted by Crippen LogP contribution is -2.27. The number of esters is 1. The first-order valence-electron chi connectivity index (χ1n) is 6.43. The van der Waals surface area contributed by atoms with Crippen molar-refractivity contribution in [2.75, 3.05) is 19.8 Å². The number of amides is 1. The molecule has 2 N–H and O–H groups in total. The van der Waals surface area contributed by atoms with Gasteiger partial charge >= 0.3 is 5.97 Å². The molecule has 0 aromatic heterocycles. The first kappa shape index (κ1) is 15.9. The minimum Gasteiger partial charge on any atom is -0.463 e. The number of hydrogen-bond donors (Lipinski definition) is 2. The molecular formula is C15H19NO4. The first-order valence-corrected chi connectivity index (χ1v) is 6.43. The maximum absolute atomic E-state index is 11.9. The molecule has 0 saturated heterocycles. The number of aliphatic hydroxyl groups excluding tert-OH is 1. The fraction of sp³-hybridized carbons (Fsp3) is 0.333. The molecule has 1 amide bonds. The summed E-state index contributed by atoms with van der Waals surface area (Å²) in [5.74, 6) is -0.694. The minimum atomic E-state index is -0.405. The van der Waals surface area contributed by atoms with Gasteiger partial charge in [-0.3, -0.25) is 4.79 Å². The van der Waals surface area contributed by atoms with Gasteiger partial charge in [0.25, 0.3) is 5.91 Å². The number of aliphatic hydroxyl groups is 1. The molecule has 0 saturated carbocycles. The van der Waals surface area contributed by atoms with E-state index in [9.17, 15) is 9.59 Å². The summed E-state index contributed by atoms with van der Waals surface area (Å²) >= 11 is 0. The van der Waals surface area contributed by atoms with Crippen molar-refractivity contribution in [3.8, 4) is 0 Å². The predicted octanol–water partition coefficient (Wildman–Crippen LogP) is 1.38. The second-order valence-corrected chi connectivity index (χ2v) is 4.11. The van der Waals surface area contributed by atoms with E-state index >= 15 is 0 Å². The number of rotatable bonds is 6. The van der Waals surface area contributed by atoms with Crippen LogP contribution in [0.1, 0.15) is 29.8 Å². The van der Waals surface area contributed by atoms with Gasteiger partial charge in [0, 0.05) is 17.7 Å². The zero-order valence-electron chi connectivity index (χ0n) is 11.7. The van der Waals surface area contributed by atoms with Gasteiger partial charge in [-0.15, -0.1) is 0 Å². The van der Waals surface area contributed by atoms with Gasteiger partial charge in [-0.05, 0) is 31.6 Å². The number of carbonyl (C=O) groups is 2. The van der Waals surface area contributed by atoms with Gasteiger partial charge in [0.2, 0.25) is 0 Å². The maximum Gasteiger partial charge on any atom is 0.333 e. The molecule has 20 heavy (non-hydrogen) atoms. The van der Waals surface area contributed by atoms with Crippen molar-refractivity contribution in [1.82, 2.24) is 5.32 Å². The first-order chi connectivity index (χ1) is 9.60. The van der Waals surface area contributed by atoms with Crippen molar-refractivity contribution in [3.63, 3.8) is 0 Å². The monoisotopic (exact) mass is 277 g/mol. The lowest BCUT2D eigenvalue weighted by Gasteiger charge is -2.08. The van der Waals surface area contributed by atoms with Crippen LogP contribution in [0.3, 0.4) is 0 Å². The van der Waals surface area contributed by atoms with E-state index in [0.717, 1.165) is 0 Å². The molecule has 0 aliphatic rings. The quantitative estimate of drug-likeness (QED) is 0.608. The average Bonchev–Trinajstić information content (AvgIpc) is 2.45. The summed E-state index contributed by atoms with van der Waals surface area (Å²) < 4.78 is 4.90. The Kier molecular flexibility index (Phi) is 6.46. The van der Waals surface area contributed by atoms with Crippen LogP contribution in [0.4, 0.5) is 0 Å². The fourth-order valence-electron chi connectivity index (χ4n) is 1.63. The highest BCUT2D eigenvalue weighted by Crippen LogP contribution is 2.14. The van der Waals surface area contributed by atoms with E-state index in [4.69, 9.17) is 9.84 Å². The van der Waals surface area contributed by atoms with E-state index < -0.39 is 5.97 Å². The highest BCUT2D eigenvalue weighted by molar-refractivity contribution is 6.00.